The molecule has 7 heteroatoms. The van der Waals surface area contributed by atoms with Crippen LogP contribution in [0.25, 0.3) is 0 Å². The fraction of sp³-hybridized carbons (Fsp3) is 0.368. The van der Waals surface area contributed by atoms with Gasteiger partial charge in [0.25, 0.3) is 17.4 Å². The van der Waals surface area contributed by atoms with Gasteiger partial charge >= 0.3 is 0 Å². The number of anilines is 1. The largest absolute Gasteiger partial charge is 0.334 e. The first-order chi connectivity index (χ1) is 12.2. The number of hydrogen-bond acceptors (Lipinski definition) is 4. The molecule has 0 unspecified atom stereocenters. The van der Waals surface area contributed by atoms with Gasteiger partial charge in [-0.2, -0.15) is 0 Å². The second kappa shape index (κ2) is 7.95. The number of pyridine rings is 2. The van der Waals surface area contributed by atoms with Gasteiger partial charge in [0.15, 0.2) is 0 Å². The Hall–Kier alpha value is -2.96. The minimum Gasteiger partial charge on any atom is -0.334 e. The summed E-state index contributed by atoms with van der Waals surface area (Å²) in [6.45, 7) is 7.75. The summed E-state index contributed by atoms with van der Waals surface area (Å²) in [6, 6.07) is 4.55. The average Bonchev–Trinajstić information content (AvgIpc) is 2.58. The number of hydrogen-bond donors (Lipinski definition) is 1. The topological polar surface area (TPSA) is 84.3 Å². The summed E-state index contributed by atoms with van der Waals surface area (Å²) >= 11 is 0. The molecular formula is C19H24N4O3. The molecule has 7 nitrogen and oxygen atoms in total. The van der Waals surface area contributed by atoms with Crippen molar-refractivity contribution in [3.8, 4) is 0 Å². The number of nitrogens with one attached hydrogen (secondary N) is 1. The number of aryl methyl sites for hydroxylation is 1. The summed E-state index contributed by atoms with van der Waals surface area (Å²) < 4.78 is 1.30. The molecule has 0 fully saturated rings. The molecule has 1 N–H and O–H groups in total. The maximum atomic E-state index is 12.9. The molecule has 2 aromatic rings. The number of carbonyl (C=O) groups excluding carboxylic acids is 2. The summed E-state index contributed by atoms with van der Waals surface area (Å²) in [4.78, 5) is 43.2. The summed E-state index contributed by atoms with van der Waals surface area (Å²) in [5.41, 5.74) is 0.404. The zero-order chi connectivity index (χ0) is 19.4. The second-order valence-electron chi connectivity index (χ2n) is 6.65. The van der Waals surface area contributed by atoms with Crippen molar-refractivity contribution >= 4 is 17.5 Å². The quantitative estimate of drug-likeness (QED) is 0.891. The first-order valence-corrected chi connectivity index (χ1v) is 8.47. The molecule has 2 amide bonds. The van der Waals surface area contributed by atoms with Crippen LogP contribution < -0.4 is 10.9 Å². The molecule has 2 aromatic heterocycles. The van der Waals surface area contributed by atoms with E-state index in [2.05, 4.69) is 10.3 Å². The monoisotopic (exact) mass is 356 g/mol. The van der Waals surface area contributed by atoms with Crippen LogP contribution in [-0.2, 0) is 7.05 Å². The van der Waals surface area contributed by atoms with Crippen LogP contribution in [0, 0.1) is 0 Å². The summed E-state index contributed by atoms with van der Waals surface area (Å²) in [5.74, 6) is -0.622. The lowest BCUT2D eigenvalue weighted by atomic mass is 10.1. The number of amides is 2. The van der Waals surface area contributed by atoms with Crippen LogP contribution in [0.3, 0.4) is 0 Å². The molecule has 2 heterocycles. The predicted molar refractivity (Wildman–Crippen MR) is 100 cm³/mol. The Kier molecular flexibility index (Phi) is 5.92. The van der Waals surface area contributed by atoms with Crippen molar-refractivity contribution in [2.24, 2.45) is 7.05 Å². The molecule has 0 saturated carbocycles. The number of carbonyl (C=O) groups is 2. The smallest absolute Gasteiger partial charge is 0.274 e. The molecule has 0 aliphatic heterocycles. The Bertz CT molecular complexity index is 849. The van der Waals surface area contributed by atoms with E-state index in [4.69, 9.17) is 0 Å². The van der Waals surface area contributed by atoms with Crippen LogP contribution >= 0.6 is 0 Å². The molecule has 2 rings (SSSR count). The lowest BCUT2D eigenvalue weighted by Crippen LogP contribution is -2.42. The molecule has 0 aromatic carbocycles. The molecular weight excluding hydrogens is 332 g/mol. The Morgan fingerprint density at radius 1 is 1.08 bits per heavy atom. The van der Waals surface area contributed by atoms with Gasteiger partial charge in [0.1, 0.15) is 5.69 Å². The van der Waals surface area contributed by atoms with Crippen molar-refractivity contribution in [2.45, 2.75) is 39.8 Å². The van der Waals surface area contributed by atoms with E-state index >= 15 is 0 Å². The van der Waals surface area contributed by atoms with E-state index in [0.29, 0.717) is 11.1 Å². The van der Waals surface area contributed by atoms with E-state index in [9.17, 15) is 14.4 Å². The minimum atomic E-state index is -0.432. The van der Waals surface area contributed by atoms with Crippen molar-refractivity contribution in [3.63, 3.8) is 0 Å². The molecule has 0 saturated heterocycles. The van der Waals surface area contributed by atoms with Crippen LogP contribution in [0.15, 0.2) is 41.6 Å². The van der Waals surface area contributed by atoms with Gasteiger partial charge in [-0.15, -0.1) is 0 Å². The summed E-state index contributed by atoms with van der Waals surface area (Å²) in [6.07, 6.45) is 4.48. The van der Waals surface area contributed by atoms with Crippen molar-refractivity contribution in [3.05, 3.63) is 58.3 Å². The maximum absolute atomic E-state index is 12.9. The van der Waals surface area contributed by atoms with Gasteiger partial charge in [0.2, 0.25) is 0 Å². The van der Waals surface area contributed by atoms with Crippen molar-refractivity contribution in [2.75, 3.05) is 5.32 Å². The standard InChI is InChI=1S/C19H24N4O3/c1-12(2)23(13(3)4)18(25)15-10-16(19(26)22(5)11-15)21-17(24)14-6-8-20-9-7-14/h6-13H,1-5H3,(H,21,24). The normalized spacial score (nSPS) is 10.9. The summed E-state index contributed by atoms with van der Waals surface area (Å²) in [7, 11) is 1.55. The Labute approximate surface area is 152 Å². The summed E-state index contributed by atoms with van der Waals surface area (Å²) in [5, 5.41) is 2.59. The van der Waals surface area contributed by atoms with E-state index in [1.807, 2.05) is 27.7 Å². The molecule has 0 aliphatic rings. The van der Waals surface area contributed by atoms with Crippen molar-refractivity contribution in [1.82, 2.24) is 14.5 Å². The molecule has 26 heavy (non-hydrogen) atoms. The highest BCUT2D eigenvalue weighted by atomic mass is 16.2. The highest BCUT2D eigenvalue weighted by molar-refractivity contribution is 6.04. The Morgan fingerprint density at radius 2 is 1.65 bits per heavy atom. The van der Waals surface area contributed by atoms with Crippen LogP contribution in [-0.4, -0.2) is 38.3 Å². The molecule has 0 spiro atoms. The highest BCUT2D eigenvalue weighted by Crippen LogP contribution is 2.14. The Morgan fingerprint density at radius 3 is 2.19 bits per heavy atom. The maximum Gasteiger partial charge on any atom is 0.274 e. The molecule has 0 atom stereocenters. The number of nitrogens with zero attached hydrogens (tertiary/aromatic N) is 3. The van der Waals surface area contributed by atoms with E-state index in [0.717, 1.165) is 0 Å². The predicted octanol–water partition coefficient (Wildman–Crippen LogP) is 2.29. The van der Waals surface area contributed by atoms with Gasteiger partial charge in [0, 0.05) is 43.3 Å². The molecule has 0 aliphatic carbocycles. The van der Waals surface area contributed by atoms with Crippen LogP contribution in [0.4, 0.5) is 5.69 Å². The first-order valence-electron chi connectivity index (χ1n) is 8.47. The lowest BCUT2D eigenvalue weighted by molar-refractivity contribution is 0.0642. The Balaban J connectivity index is 2.39. The number of rotatable bonds is 5. The fourth-order valence-electron chi connectivity index (χ4n) is 2.83. The van der Waals surface area contributed by atoms with Gasteiger partial charge < -0.3 is 14.8 Å². The number of aromatic nitrogens is 2. The van der Waals surface area contributed by atoms with Crippen molar-refractivity contribution < 1.29 is 9.59 Å². The van der Waals surface area contributed by atoms with E-state index in [1.165, 1.54) is 29.2 Å². The van der Waals surface area contributed by atoms with Crippen LogP contribution in [0.5, 0.6) is 0 Å². The zero-order valence-corrected chi connectivity index (χ0v) is 15.7. The molecule has 138 valence electrons. The molecule has 0 bridgehead atoms. The fourth-order valence-corrected chi connectivity index (χ4v) is 2.83. The van der Waals surface area contributed by atoms with E-state index in [-0.39, 0.29) is 29.2 Å². The third-order valence-electron chi connectivity index (χ3n) is 3.97. The highest BCUT2D eigenvalue weighted by Gasteiger charge is 2.23. The van der Waals surface area contributed by atoms with Gasteiger partial charge in [-0.25, -0.2) is 0 Å². The van der Waals surface area contributed by atoms with Gasteiger partial charge in [-0.05, 0) is 45.9 Å². The second-order valence-corrected chi connectivity index (χ2v) is 6.65. The van der Waals surface area contributed by atoms with Gasteiger partial charge in [0.05, 0.1) is 5.56 Å². The van der Waals surface area contributed by atoms with E-state index in [1.54, 1.807) is 24.1 Å². The SMILES string of the molecule is CC(C)N(C(=O)c1cc(NC(=O)c2ccncc2)c(=O)n(C)c1)C(C)C. The molecule has 0 radical (unpaired) electrons. The van der Waals surface area contributed by atoms with Gasteiger partial charge in [-0.1, -0.05) is 0 Å². The lowest BCUT2D eigenvalue weighted by Gasteiger charge is -2.31. The van der Waals surface area contributed by atoms with Gasteiger partial charge in [-0.3, -0.25) is 19.4 Å². The third-order valence-corrected chi connectivity index (χ3v) is 3.97. The average molecular weight is 356 g/mol. The minimum absolute atomic E-state index is 0.00888. The zero-order valence-electron chi connectivity index (χ0n) is 15.7. The van der Waals surface area contributed by atoms with Crippen LogP contribution in [0.1, 0.15) is 48.4 Å². The van der Waals surface area contributed by atoms with Crippen LogP contribution in [0.2, 0.25) is 0 Å². The van der Waals surface area contributed by atoms with Crippen molar-refractivity contribution in [1.29, 1.82) is 0 Å². The van der Waals surface area contributed by atoms with E-state index < -0.39 is 5.91 Å². The first kappa shape index (κ1) is 19.4. The third kappa shape index (κ3) is 4.17.